The maximum absolute atomic E-state index is 12.8. The smallest absolute Gasteiger partial charge is 0.254 e. The molecule has 2 saturated heterocycles. The lowest BCUT2D eigenvalue weighted by molar-refractivity contribution is 0.0348. The van der Waals surface area contributed by atoms with Crippen molar-refractivity contribution in [2.45, 2.75) is 43.9 Å². The lowest BCUT2D eigenvalue weighted by Crippen LogP contribution is -2.49. The highest BCUT2D eigenvalue weighted by Crippen LogP contribution is 2.38. The first-order valence-corrected chi connectivity index (χ1v) is 8.11. The summed E-state index contributed by atoms with van der Waals surface area (Å²) in [6, 6.07) is 9.81. The van der Waals surface area contributed by atoms with E-state index in [4.69, 9.17) is 4.74 Å². The Kier molecular flexibility index (Phi) is 3.69. The maximum Gasteiger partial charge on any atom is 0.254 e. The summed E-state index contributed by atoms with van der Waals surface area (Å²) in [6.45, 7) is 0. The monoisotopic (exact) mass is 309 g/mol. The standard InChI is InChI=1S/C18H19N3O2/c22-18(13-6-9-19-10-7-13)21-14-4-5-15(21)12-16(11-14)23-17-3-1-2-8-20-17/h1-3,6-10,14-16H,4-5,11-12H2. The Hall–Kier alpha value is -2.43. The van der Waals surface area contributed by atoms with Crippen molar-refractivity contribution in [3.8, 4) is 5.88 Å². The van der Waals surface area contributed by atoms with Gasteiger partial charge in [-0.05, 0) is 31.0 Å². The lowest BCUT2D eigenvalue weighted by atomic mass is 9.98. The van der Waals surface area contributed by atoms with Gasteiger partial charge in [-0.2, -0.15) is 0 Å². The van der Waals surface area contributed by atoms with Crippen LogP contribution < -0.4 is 4.74 Å². The van der Waals surface area contributed by atoms with E-state index in [0.717, 1.165) is 31.2 Å². The molecule has 5 heteroatoms. The van der Waals surface area contributed by atoms with Crippen molar-refractivity contribution in [2.75, 3.05) is 0 Å². The summed E-state index contributed by atoms with van der Waals surface area (Å²) in [6.07, 6.45) is 9.11. The molecule has 118 valence electrons. The van der Waals surface area contributed by atoms with E-state index in [1.807, 2.05) is 18.2 Å². The van der Waals surface area contributed by atoms with Crippen molar-refractivity contribution in [1.82, 2.24) is 14.9 Å². The van der Waals surface area contributed by atoms with Crippen molar-refractivity contribution in [3.05, 3.63) is 54.5 Å². The van der Waals surface area contributed by atoms with Gasteiger partial charge in [0.1, 0.15) is 6.10 Å². The number of hydrogen-bond acceptors (Lipinski definition) is 4. The number of pyridine rings is 2. The number of carbonyl (C=O) groups excluding carboxylic acids is 1. The Morgan fingerprint density at radius 1 is 1.04 bits per heavy atom. The van der Waals surface area contributed by atoms with E-state index in [9.17, 15) is 4.79 Å². The highest BCUT2D eigenvalue weighted by Gasteiger charge is 2.44. The van der Waals surface area contributed by atoms with Crippen LogP contribution in [0.3, 0.4) is 0 Å². The zero-order chi connectivity index (χ0) is 15.6. The van der Waals surface area contributed by atoms with Crippen LogP contribution in [0.2, 0.25) is 0 Å². The predicted octanol–water partition coefficient (Wildman–Crippen LogP) is 2.69. The molecule has 1 amide bonds. The SMILES string of the molecule is O=C(c1ccncc1)N1C2CCC1CC(Oc1ccccn1)C2. The summed E-state index contributed by atoms with van der Waals surface area (Å²) in [5.41, 5.74) is 0.723. The molecular formula is C18H19N3O2. The normalized spacial score (nSPS) is 26.1. The second kappa shape index (κ2) is 5.99. The topological polar surface area (TPSA) is 55.3 Å². The van der Waals surface area contributed by atoms with E-state index in [1.54, 1.807) is 30.7 Å². The molecule has 0 saturated carbocycles. The van der Waals surface area contributed by atoms with E-state index >= 15 is 0 Å². The molecule has 2 bridgehead atoms. The van der Waals surface area contributed by atoms with Crippen LogP contribution >= 0.6 is 0 Å². The fraction of sp³-hybridized carbons (Fsp3) is 0.389. The summed E-state index contributed by atoms with van der Waals surface area (Å²) in [7, 11) is 0. The average molecular weight is 309 g/mol. The molecule has 0 aromatic carbocycles. The van der Waals surface area contributed by atoms with Crippen LogP contribution in [0.1, 0.15) is 36.0 Å². The minimum Gasteiger partial charge on any atom is -0.474 e. The number of amides is 1. The Bertz CT molecular complexity index is 663. The van der Waals surface area contributed by atoms with Crippen molar-refractivity contribution >= 4 is 5.91 Å². The molecule has 2 fully saturated rings. The zero-order valence-electron chi connectivity index (χ0n) is 12.8. The molecule has 4 heterocycles. The molecule has 2 unspecified atom stereocenters. The number of hydrogen-bond donors (Lipinski definition) is 0. The number of nitrogens with zero attached hydrogens (tertiary/aromatic N) is 3. The van der Waals surface area contributed by atoms with Crippen molar-refractivity contribution in [2.24, 2.45) is 0 Å². The first-order valence-electron chi connectivity index (χ1n) is 8.11. The molecule has 0 N–H and O–H groups in total. The van der Waals surface area contributed by atoms with E-state index < -0.39 is 0 Å². The van der Waals surface area contributed by atoms with Crippen molar-refractivity contribution in [1.29, 1.82) is 0 Å². The number of aromatic nitrogens is 2. The van der Waals surface area contributed by atoms with Gasteiger partial charge in [-0.25, -0.2) is 4.98 Å². The van der Waals surface area contributed by atoms with Crippen LogP contribution in [-0.2, 0) is 0 Å². The van der Waals surface area contributed by atoms with E-state index in [2.05, 4.69) is 14.9 Å². The number of piperidine rings is 1. The highest BCUT2D eigenvalue weighted by molar-refractivity contribution is 5.94. The summed E-state index contributed by atoms with van der Waals surface area (Å²) < 4.78 is 6.01. The molecule has 0 aliphatic carbocycles. The molecule has 2 aromatic rings. The van der Waals surface area contributed by atoms with E-state index in [-0.39, 0.29) is 24.1 Å². The van der Waals surface area contributed by atoms with Gasteiger partial charge in [0.15, 0.2) is 0 Å². The molecule has 5 nitrogen and oxygen atoms in total. The van der Waals surface area contributed by atoms with Gasteiger partial charge in [0.2, 0.25) is 5.88 Å². The lowest BCUT2D eigenvalue weighted by Gasteiger charge is -2.38. The van der Waals surface area contributed by atoms with Crippen LogP contribution in [0, 0.1) is 0 Å². The second-order valence-corrected chi connectivity index (χ2v) is 6.21. The van der Waals surface area contributed by atoms with Crippen molar-refractivity contribution in [3.63, 3.8) is 0 Å². The van der Waals surface area contributed by atoms with Crippen LogP contribution in [0.4, 0.5) is 0 Å². The van der Waals surface area contributed by atoms with Gasteiger partial charge in [-0.3, -0.25) is 9.78 Å². The fourth-order valence-corrected chi connectivity index (χ4v) is 3.79. The predicted molar refractivity (Wildman–Crippen MR) is 85.1 cm³/mol. The molecule has 23 heavy (non-hydrogen) atoms. The van der Waals surface area contributed by atoms with Crippen molar-refractivity contribution < 1.29 is 9.53 Å². The van der Waals surface area contributed by atoms with Gasteiger partial charge in [-0.1, -0.05) is 6.07 Å². The van der Waals surface area contributed by atoms with E-state index in [1.165, 1.54) is 0 Å². The molecular weight excluding hydrogens is 290 g/mol. The number of rotatable bonds is 3. The van der Waals surface area contributed by atoms with Gasteiger partial charge < -0.3 is 9.64 Å². The minimum absolute atomic E-state index is 0.121. The van der Waals surface area contributed by atoms with Crippen LogP contribution in [0.25, 0.3) is 0 Å². The molecule has 2 atom stereocenters. The van der Waals surface area contributed by atoms with Gasteiger partial charge in [0, 0.05) is 55.1 Å². The summed E-state index contributed by atoms with van der Waals surface area (Å²) >= 11 is 0. The first-order chi connectivity index (χ1) is 11.3. The molecule has 0 spiro atoms. The van der Waals surface area contributed by atoms with Gasteiger partial charge >= 0.3 is 0 Å². The van der Waals surface area contributed by atoms with Gasteiger partial charge in [-0.15, -0.1) is 0 Å². The molecule has 2 aliphatic rings. The third kappa shape index (κ3) is 2.79. The fourth-order valence-electron chi connectivity index (χ4n) is 3.79. The van der Waals surface area contributed by atoms with Crippen LogP contribution in [0.5, 0.6) is 5.88 Å². The van der Waals surface area contributed by atoms with Gasteiger partial charge in [0.25, 0.3) is 5.91 Å². The highest BCUT2D eigenvalue weighted by atomic mass is 16.5. The van der Waals surface area contributed by atoms with Gasteiger partial charge in [0.05, 0.1) is 0 Å². The third-order valence-corrected chi connectivity index (χ3v) is 4.78. The van der Waals surface area contributed by atoms with Crippen LogP contribution in [0.15, 0.2) is 48.9 Å². The molecule has 2 aromatic heterocycles. The number of ether oxygens (including phenoxy) is 1. The largest absolute Gasteiger partial charge is 0.474 e. The second-order valence-electron chi connectivity index (χ2n) is 6.21. The number of fused-ring (bicyclic) bond motifs is 2. The average Bonchev–Trinajstić information content (AvgIpc) is 2.87. The summed E-state index contributed by atoms with van der Waals surface area (Å²) in [4.78, 5) is 23.1. The molecule has 0 radical (unpaired) electrons. The van der Waals surface area contributed by atoms with Crippen LogP contribution in [-0.4, -0.2) is 39.0 Å². The molecule has 4 rings (SSSR count). The number of carbonyl (C=O) groups is 1. The Labute approximate surface area is 135 Å². The molecule has 2 aliphatic heterocycles. The minimum atomic E-state index is 0.121. The Morgan fingerprint density at radius 2 is 1.78 bits per heavy atom. The first kappa shape index (κ1) is 14.2. The summed E-state index contributed by atoms with van der Waals surface area (Å²) in [5.74, 6) is 0.794. The van der Waals surface area contributed by atoms with E-state index in [0.29, 0.717) is 5.88 Å². The third-order valence-electron chi connectivity index (χ3n) is 4.78. The Morgan fingerprint density at radius 3 is 2.43 bits per heavy atom. The Balaban J connectivity index is 1.47. The summed E-state index contributed by atoms with van der Waals surface area (Å²) in [5, 5.41) is 0. The quantitative estimate of drug-likeness (QED) is 0.875. The maximum atomic E-state index is 12.8. The zero-order valence-corrected chi connectivity index (χ0v) is 12.8.